The fourth-order valence-corrected chi connectivity index (χ4v) is 3.72. The molecule has 2 unspecified atom stereocenters. The smallest absolute Gasteiger partial charge is 0.205 e. The molecule has 5 nitrogen and oxygen atoms in total. The molecule has 1 aliphatic rings. The minimum absolute atomic E-state index is 0.443. The summed E-state index contributed by atoms with van der Waals surface area (Å²) in [5.41, 5.74) is 6.75. The van der Waals surface area contributed by atoms with Gasteiger partial charge in [0.1, 0.15) is 5.75 Å². The number of hydrogen-bond acceptors (Lipinski definition) is 4. The third kappa shape index (κ3) is 2.99. The Morgan fingerprint density at radius 1 is 1.14 bits per heavy atom. The third-order valence-corrected chi connectivity index (χ3v) is 4.85. The topological polar surface area (TPSA) is 67.6 Å². The maximum atomic E-state index is 12.9. The Balaban J connectivity index is 1.94. The zero-order chi connectivity index (χ0) is 15.4. The Kier molecular flexibility index (Phi) is 4.72. The summed E-state index contributed by atoms with van der Waals surface area (Å²) >= 11 is 0. The van der Waals surface area contributed by atoms with E-state index in [4.69, 9.17) is 10.5 Å². The summed E-state index contributed by atoms with van der Waals surface area (Å²) in [4.78, 5) is 0. The Labute approximate surface area is 132 Å². The number of anilines is 2. The number of nitrogens with two attached hydrogens (primary N) is 1. The number of fused-ring (bicyclic) bond motifs is 1. The summed E-state index contributed by atoms with van der Waals surface area (Å²) in [6.45, 7) is 1.70. The van der Waals surface area contributed by atoms with Crippen LogP contribution in [0, 0.1) is 0 Å². The molecular formula is C16H19N3O2S. The number of nitrogens with one attached hydrogen (secondary N) is 1. The van der Waals surface area contributed by atoms with Gasteiger partial charge in [-0.05, 0) is 24.3 Å². The molecule has 3 N–H and O–H groups in total. The maximum absolute atomic E-state index is 12.9. The first-order valence-electron chi connectivity index (χ1n) is 7.23. The molecule has 1 aliphatic heterocycles. The minimum atomic E-state index is -1.32. The van der Waals surface area contributed by atoms with Gasteiger partial charge in [-0.15, -0.1) is 0 Å². The van der Waals surface area contributed by atoms with Crippen LogP contribution in [0.2, 0.25) is 0 Å². The van der Waals surface area contributed by atoms with Gasteiger partial charge in [-0.2, -0.15) is 0 Å². The lowest BCUT2D eigenvalue weighted by molar-refractivity contribution is 0.272. The zero-order valence-electron chi connectivity index (χ0n) is 12.1. The van der Waals surface area contributed by atoms with E-state index in [1.807, 2.05) is 58.9 Å². The van der Waals surface area contributed by atoms with Crippen LogP contribution in [0.3, 0.4) is 0 Å². The van der Waals surface area contributed by atoms with Crippen molar-refractivity contribution in [1.29, 1.82) is 0 Å². The van der Waals surface area contributed by atoms with Crippen molar-refractivity contribution >= 4 is 22.4 Å². The van der Waals surface area contributed by atoms with Crippen molar-refractivity contribution in [2.45, 2.75) is 5.44 Å². The van der Waals surface area contributed by atoms with E-state index >= 15 is 0 Å². The summed E-state index contributed by atoms with van der Waals surface area (Å²) in [6, 6.07) is 17.4. The molecular weight excluding hydrogens is 298 g/mol. The molecule has 1 heterocycles. The van der Waals surface area contributed by atoms with Gasteiger partial charge in [0.05, 0.1) is 11.4 Å². The van der Waals surface area contributed by atoms with Crippen LogP contribution in [0.15, 0.2) is 54.6 Å². The van der Waals surface area contributed by atoms with Crippen LogP contribution in [0.4, 0.5) is 11.4 Å². The van der Waals surface area contributed by atoms with Crippen molar-refractivity contribution in [2.75, 3.05) is 23.9 Å². The Morgan fingerprint density at radius 3 is 2.64 bits per heavy atom. The lowest BCUT2D eigenvalue weighted by Gasteiger charge is -2.34. The summed E-state index contributed by atoms with van der Waals surface area (Å²) < 4.78 is 20.6. The van der Waals surface area contributed by atoms with E-state index in [0.29, 0.717) is 19.6 Å². The maximum Gasteiger partial charge on any atom is 0.205 e. The van der Waals surface area contributed by atoms with Gasteiger partial charge >= 0.3 is 0 Å². The molecule has 0 saturated heterocycles. The largest absolute Gasteiger partial charge is 0.472 e. The molecule has 2 aromatic carbocycles. The van der Waals surface area contributed by atoms with Crippen molar-refractivity contribution in [3.05, 3.63) is 54.6 Å². The van der Waals surface area contributed by atoms with E-state index in [-0.39, 0.29) is 0 Å². The molecule has 3 rings (SSSR count). The molecule has 2 aromatic rings. The van der Waals surface area contributed by atoms with Crippen LogP contribution >= 0.6 is 0 Å². The van der Waals surface area contributed by atoms with E-state index < -0.39 is 16.4 Å². The van der Waals surface area contributed by atoms with Gasteiger partial charge in [0.2, 0.25) is 5.44 Å². The number of hydrogen-bond donors (Lipinski definition) is 2. The number of rotatable bonds is 5. The van der Waals surface area contributed by atoms with E-state index in [1.54, 1.807) is 0 Å². The van der Waals surface area contributed by atoms with E-state index in [9.17, 15) is 4.21 Å². The normalized spacial score (nSPS) is 20.3. The van der Waals surface area contributed by atoms with E-state index in [1.165, 1.54) is 0 Å². The second-order valence-electron chi connectivity index (χ2n) is 4.91. The monoisotopic (exact) mass is 317 g/mol. The molecule has 0 radical (unpaired) electrons. The average molecular weight is 317 g/mol. The molecule has 0 spiro atoms. The highest BCUT2D eigenvalue weighted by Crippen LogP contribution is 2.40. The molecule has 0 aliphatic carbocycles. The number of ether oxygens (including phenoxy) is 1. The quantitative estimate of drug-likeness (QED) is 0.825. The highest BCUT2D eigenvalue weighted by Gasteiger charge is 2.33. The molecule has 6 heteroatoms. The molecule has 0 fully saturated rings. The first-order valence-corrected chi connectivity index (χ1v) is 8.40. The van der Waals surface area contributed by atoms with Gasteiger partial charge in [-0.3, -0.25) is 4.31 Å². The number of para-hydroxylation sites is 3. The molecule has 0 saturated carbocycles. The van der Waals surface area contributed by atoms with Crippen molar-refractivity contribution in [1.82, 2.24) is 5.32 Å². The molecule has 116 valence electrons. The van der Waals surface area contributed by atoms with Crippen LogP contribution in [0.5, 0.6) is 5.75 Å². The number of nitrogens with zero attached hydrogens (tertiary/aromatic N) is 1. The minimum Gasteiger partial charge on any atom is -0.472 e. The molecule has 2 atom stereocenters. The highest BCUT2D eigenvalue weighted by molar-refractivity contribution is 7.87. The zero-order valence-corrected chi connectivity index (χ0v) is 13.0. The predicted molar refractivity (Wildman–Crippen MR) is 89.5 cm³/mol. The van der Waals surface area contributed by atoms with Gasteiger partial charge in [-0.25, -0.2) is 4.21 Å². The fourth-order valence-electron chi connectivity index (χ4n) is 2.36. The van der Waals surface area contributed by atoms with Crippen LogP contribution < -0.4 is 20.1 Å². The van der Waals surface area contributed by atoms with Crippen molar-refractivity contribution in [3.63, 3.8) is 0 Å². The fraction of sp³-hybridized carbons (Fsp3) is 0.250. The van der Waals surface area contributed by atoms with Crippen molar-refractivity contribution < 1.29 is 8.95 Å². The van der Waals surface area contributed by atoms with Gasteiger partial charge in [0.25, 0.3) is 0 Å². The lowest BCUT2D eigenvalue weighted by atomic mass is 10.2. The van der Waals surface area contributed by atoms with Gasteiger partial charge < -0.3 is 15.8 Å². The molecule has 0 aromatic heterocycles. The summed E-state index contributed by atoms with van der Waals surface area (Å²) in [5.74, 6) is 0.741. The Bertz CT molecular complexity index is 651. The first-order chi connectivity index (χ1) is 10.8. The average Bonchev–Trinajstić information content (AvgIpc) is 2.56. The third-order valence-electron chi connectivity index (χ3n) is 3.37. The summed E-state index contributed by atoms with van der Waals surface area (Å²) in [7, 11) is -1.32. The standard InChI is InChI=1S/C16H19N3O2S/c17-10-11-18-12-16-21-15-9-5-4-8-14(15)19(22(16)20)13-6-2-1-3-7-13/h1-9,16,18H,10-12,17H2. The second-order valence-corrected chi connectivity index (χ2v) is 6.36. The van der Waals surface area contributed by atoms with Crippen LogP contribution in [-0.4, -0.2) is 29.3 Å². The Hall–Kier alpha value is -1.89. The van der Waals surface area contributed by atoms with Gasteiger partial charge in [0, 0.05) is 19.6 Å². The molecule has 0 bridgehead atoms. The summed E-state index contributed by atoms with van der Waals surface area (Å²) in [5, 5.41) is 3.17. The van der Waals surface area contributed by atoms with Crippen LogP contribution in [0.25, 0.3) is 0 Å². The Morgan fingerprint density at radius 2 is 1.86 bits per heavy atom. The SMILES string of the molecule is NCCNCC1Oc2ccccc2N(c2ccccc2)S1=O. The second kappa shape index (κ2) is 6.91. The predicted octanol–water partition coefficient (Wildman–Crippen LogP) is 1.76. The molecule has 0 amide bonds. The molecule has 22 heavy (non-hydrogen) atoms. The van der Waals surface area contributed by atoms with E-state index in [2.05, 4.69) is 5.32 Å². The van der Waals surface area contributed by atoms with Crippen molar-refractivity contribution in [3.8, 4) is 5.75 Å². The summed E-state index contributed by atoms with van der Waals surface area (Å²) in [6.07, 6.45) is 0. The number of benzene rings is 2. The van der Waals surface area contributed by atoms with Gasteiger partial charge in [-0.1, -0.05) is 30.3 Å². The lowest BCUT2D eigenvalue weighted by Crippen LogP contribution is -2.44. The van der Waals surface area contributed by atoms with Crippen LogP contribution in [-0.2, 0) is 11.0 Å². The van der Waals surface area contributed by atoms with E-state index in [0.717, 1.165) is 17.1 Å². The van der Waals surface area contributed by atoms with Crippen LogP contribution in [0.1, 0.15) is 0 Å². The first kappa shape index (κ1) is 15.0. The van der Waals surface area contributed by atoms with Gasteiger partial charge in [0.15, 0.2) is 11.0 Å². The highest BCUT2D eigenvalue weighted by atomic mass is 32.2. The van der Waals surface area contributed by atoms with Crippen molar-refractivity contribution in [2.24, 2.45) is 5.73 Å².